The van der Waals surface area contributed by atoms with Crippen LogP contribution in [0.5, 0.6) is 0 Å². The van der Waals surface area contributed by atoms with Gasteiger partial charge in [-0.25, -0.2) is 4.98 Å². The number of hydrogen-bond donors (Lipinski definition) is 1. The van der Waals surface area contributed by atoms with Gasteiger partial charge in [0.2, 0.25) is 0 Å². The predicted octanol–water partition coefficient (Wildman–Crippen LogP) is 2.43. The Morgan fingerprint density at radius 2 is 2.21 bits per heavy atom. The van der Waals surface area contributed by atoms with Crippen molar-refractivity contribution in [2.45, 2.75) is 0 Å². The van der Waals surface area contributed by atoms with E-state index < -0.39 is 5.91 Å². The van der Waals surface area contributed by atoms with Crippen LogP contribution in [-0.2, 0) is 0 Å². The van der Waals surface area contributed by atoms with Gasteiger partial charge in [-0.2, -0.15) is 5.26 Å². The molecule has 7 heteroatoms. The lowest BCUT2D eigenvalue weighted by Crippen LogP contribution is -2.23. The minimum Gasteiger partial charge on any atom is -0.338 e. The first-order valence-corrected chi connectivity index (χ1v) is 6.02. The first-order chi connectivity index (χ1) is 9.11. The van der Waals surface area contributed by atoms with E-state index in [1.165, 1.54) is 6.33 Å². The molecule has 96 valence electrons. The van der Waals surface area contributed by atoms with E-state index in [9.17, 15) is 4.79 Å². The molecular formula is C12H8Cl2N4O. The van der Waals surface area contributed by atoms with Crippen molar-refractivity contribution in [1.29, 1.82) is 5.26 Å². The van der Waals surface area contributed by atoms with Crippen molar-refractivity contribution < 1.29 is 4.79 Å². The van der Waals surface area contributed by atoms with Gasteiger partial charge in [0, 0.05) is 11.9 Å². The van der Waals surface area contributed by atoms with Crippen molar-refractivity contribution in [3.05, 3.63) is 46.5 Å². The molecule has 0 fully saturated rings. The van der Waals surface area contributed by atoms with Crippen LogP contribution >= 0.6 is 23.2 Å². The molecule has 0 radical (unpaired) electrons. The van der Waals surface area contributed by atoms with Crippen LogP contribution in [0, 0.1) is 11.3 Å². The summed E-state index contributed by atoms with van der Waals surface area (Å²) in [5.74, 6) is -0.402. The van der Waals surface area contributed by atoms with Crippen LogP contribution in [0.25, 0.3) is 5.69 Å². The highest BCUT2D eigenvalue weighted by molar-refractivity contribution is 6.42. The quantitative estimate of drug-likeness (QED) is 0.884. The number of amides is 1. The molecule has 0 spiro atoms. The number of benzene rings is 1. The number of halogens is 2. The molecule has 0 saturated carbocycles. The van der Waals surface area contributed by atoms with Gasteiger partial charge in [0.05, 0.1) is 16.1 Å². The maximum Gasteiger partial charge on any atom is 0.272 e. The summed E-state index contributed by atoms with van der Waals surface area (Å²) >= 11 is 11.7. The van der Waals surface area contributed by atoms with Crippen molar-refractivity contribution in [3.63, 3.8) is 0 Å². The number of nitriles is 1. The molecule has 0 aliphatic heterocycles. The Labute approximate surface area is 119 Å². The number of nitrogens with zero attached hydrogens (tertiary/aromatic N) is 3. The van der Waals surface area contributed by atoms with Gasteiger partial charge in [-0.15, -0.1) is 0 Å². The fourth-order valence-corrected chi connectivity index (χ4v) is 1.73. The van der Waals surface area contributed by atoms with Crippen LogP contribution in [0.3, 0.4) is 0 Å². The first kappa shape index (κ1) is 13.4. The number of carbonyl (C=O) groups is 1. The van der Waals surface area contributed by atoms with Gasteiger partial charge in [-0.3, -0.25) is 4.79 Å². The van der Waals surface area contributed by atoms with Crippen LogP contribution in [-0.4, -0.2) is 22.0 Å². The average molecular weight is 295 g/mol. The van der Waals surface area contributed by atoms with Crippen LogP contribution in [0.2, 0.25) is 10.0 Å². The summed E-state index contributed by atoms with van der Waals surface area (Å²) in [6.45, 7) is -0.0571. The normalized spacial score (nSPS) is 9.95. The Hall–Kier alpha value is -2.03. The Morgan fingerprint density at radius 3 is 2.89 bits per heavy atom. The lowest BCUT2D eigenvalue weighted by Gasteiger charge is -2.03. The van der Waals surface area contributed by atoms with Gasteiger partial charge in [0.1, 0.15) is 18.6 Å². The number of imidazole rings is 1. The maximum atomic E-state index is 11.6. The zero-order chi connectivity index (χ0) is 13.8. The lowest BCUT2D eigenvalue weighted by atomic mass is 10.3. The number of nitrogens with one attached hydrogen (secondary N) is 1. The van der Waals surface area contributed by atoms with Gasteiger partial charge < -0.3 is 9.88 Å². The summed E-state index contributed by atoms with van der Waals surface area (Å²) in [6.07, 6.45) is 3.03. The summed E-state index contributed by atoms with van der Waals surface area (Å²) in [7, 11) is 0. The van der Waals surface area contributed by atoms with E-state index in [0.29, 0.717) is 10.0 Å². The molecule has 0 aliphatic rings. The van der Waals surface area contributed by atoms with E-state index in [1.54, 1.807) is 29.0 Å². The van der Waals surface area contributed by atoms with Crippen LogP contribution < -0.4 is 5.32 Å². The molecule has 2 rings (SSSR count). The number of hydrogen-bond acceptors (Lipinski definition) is 3. The smallest absolute Gasteiger partial charge is 0.272 e. The van der Waals surface area contributed by atoms with Crippen molar-refractivity contribution >= 4 is 29.1 Å². The van der Waals surface area contributed by atoms with Gasteiger partial charge in [-0.05, 0) is 18.2 Å². The highest BCUT2D eigenvalue weighted by atomic mass is 35.5. The number of rotatable bonds is 3. The van der Waals surface area contributed by atoms with E-state index in [-0.39, 0.29) is 12.2 Å². The Balaban J connectivity index is 2.23. The predicted molar refractivity (Wildman–Crippen MR) is 71.5 cm³/mol. The van der Waals surface area contributed by atoms with E-state index in [2.05, 4.69) is 10.3 Å². The molecule has 0 atom stereocenters. The molecule has 0 unspecified atom stereocenters. The Bertz CT molecular complexity index is 660. The molecule has 1 N–H and O–H groups in total. The highest BCUT2D eigenvalue weighted by Gasteiger charge is 2.09. The molecule has 19 heavy (non-hydrogen) atoms. The number of carbonyl (C=O) groups excluding carboxylic acids is 1. The van der Waals surface area contributed by atoms with E-state index >= 15 is 0 Å². The third-order valence-corrected chi connectivity index (χ3v) is 3.08. The zero-order valence-corrected chi connectivity index (χ0v) is 11.1. The van der Waals surface area contributed by atoms with Gasteiger partial charge in [0.25, 0.3) is 5.91 Å². The Morgan fingerprint density at radius 1 is 1.42 bits per heavy atom. The fourth-order valence-electron chi connectivity index (χ4n) is 1.44. The molecule has 5 nitrogen and oxygen atoms in total. The molecule has 1 aromatic carbocycles. The molecular weight excluding hydrogens is 287 g/mol. The van der Waals surface area contributed by atoms with Crippen LogP contribution in [0.4, 0.5) is 0 Å². The molecule has 0 bridgehead atoms. The largest absolute Gasteiger partial charge is 0.338 e. The van der Waals surface area contributed by atoms with Crippen LogP contribution in [0.15, 0.2) is 30.7 Å². The lowest BCUT2D eigenvalue weighted by molar-refractivity contribution is 0.0954. The van der Waals surface area contributed by atoms with Crippen LogP contribution in [0.1, 0.15) is 10.5 Å². The van der Waals surface area contributed by atoms with Crippen molar-refractivity contribution in [1.82, 2.24) is 14.9 Å². The summed E-state index contributed by atoms with van der Waals surface area (Å²) in [5, 5.41) is 11.7. The molecule has 2 aromatic rings. The first-order valence-electron chi connectivity index (χ1n) is 5.26. The average Bonchev–Trinajstić information content (AvgIpc) is 2.89. The van der Waals surface area contributed by atoms with Gasteiger partial charge >= 0.3 is 0 Å². The summed E-state index contributed by atoms with van der Waals surface area (Å²) in [6, 6.07) is 6.91. The zero-order valence-electron chi connectivity index (χ0n) is 9.60. The van der Waals surface area contributed by atoms with Gasteiger partial charge in [-0.1, -0.05) is 23.2 Å². The number of aromatic nitrogens is 2. The standard InChI is InChI=1S/C12H8Cl2N4O/c13-9-2-1-8(5-10(9)14)18-6-11(17-7-18)12(19)16-4-3-15/h1-2,5-7H,4H2,(H,16,19). The molecule has 1 amide bonds. The second-order valence-electron chi connectivity index (χ2n) is 3.61. The topological polar surface area (TPSA) is 70.7 Å². The minimum absolute atomic E-state index is 0.0571. The molecule has 1 heterocycles. The van der Waals surface area contributed by atoms with E-state index in [1.807, 2.05) is 6.07 Å². The summed E-state index contributed by atoms with van der Waals surface area (Å²) in [5.41, 5.74) is 0.961. The second-order valence-corrected chi connectivity index (χ2v) is 4.42. The van der Waals surface area contributed by atoms with E-state index in [4.69, 9.17) is 28.5 Å². The maximum absolute atomic E-state index is 11.6. The minimum atomic E-state index is -0.402. The SMILES string of the molecule is N#CCNC(=O)c1cn(-c2ccc(Cl)c(Cl)c2)cn1. The highest BCUT2D eigenvalue weighted by Crippen LogP contribution is 2.24. The third-order valence-electron chi connectivity index (χ3n) is 2.34. The third kappa shape index (κ3) is 3.05. The molecule has 1 aromatic heterocycles. The molecule has 0 saturated heterocycles. The van der Waals surface area contributed by atoms with Gasteiger partial charge in [0.15, 0.2) is 0 Å². The molecule has 0 aliphatic carbocycles. The van der Waals surface area contributed by atoms with Crippen molar-refractivity contribution in [2.24, 2.45) is 0 Å². The fraction of sp³-hybridized carbons (Fsp3) is 0.0833. The summed E-state index contributed by atoms with van der Waals surface area (Å²) < 4.78 is 1.64. The Kier molecular flexibility index (Phi) is 4.05. The summed E-state index contributed by atoms with van der Waals surface area (Å²) in [4.78, 5) is 15.5. The van der Waals surface area contributed by atoms with Crippen molar-refractivity contribution in [3.8, 4) is 11.8 Å². The van der Waals surface area contributed by atoms with E-state index in [0.717, 1.165) is 5.69 Å². The van der Waals surface area contributed by atoms with Crippen molar-refractivity contribution in [2.75, 3.05) is 6.54 Å². The monoisotopic (exact) mass is 294 g/mol. The second kappa shape index (κ2) is 5.74.